The molecule has 0 spiro atoms. The van der Waals surface area contributed by atoms with Crippen molar-refractivity contribution >= 4 is 29.2 Å². The van der Waals surface area contributed by atoms with Crippen LogP contribution >= 0.6 is 23.4 Å². The zero-order valence-electron chi connectivity index (χ0n) is 9.45. The largest absolute Gasteiger partial charge is 0.492 e. The second-order valence-electron chi connectivity index (χ2n) is 3.24. The zero-order chi connectivity index (χ0) is 14.5. The Morgan fingerprint density at radius 2 is 2.16 bits per heavy atom. The molecule has 4 nitrogen and oxygen atoms in total. The predicted octanol–water partition coefficient (Wildman–Crippen LogP) is 3.07. The van der Waals surface area contributed by atoms with E-state index in [0.29, 0.717) is 0 Å². The molecule has 9 heteroatoms. The van der Waals surface area contributed by atoms with Crippen molar-refractivity contribution in [3.63, 3.8) is 0 Å². The molecule has 0 unspecified atom stereocenters. The van der Waals surface area contributed by atoms with Gasteiger partial charge in [0.05, 0.1) is 17.2 Å². The number of hydrogen-bond donors (Lipinski definition) is 2. The molecule has 0 saturated heterocycles. The lowest BCUT2D eigenvalue weighted by atomic mass is 10.2. The van der Waals surface area contributed by atoms with E-state index in [1.165, 1.54) is 12.1 Å². The number of rotatable bonds is 5. The van der Waals surface area contributed by atoms with Crippen LogP contribution in [0.2, 0.25) is 5.02 Å². The van der Waals surface area contributed by atoms with Gasteiger partial charge in [-0.25, -0.2) is 0 Å². The summed E-state index contributed by atoms with van der Waals surface area (Å²) in [4.78, 5) is 0. The van der Waals surface area contributed by atoms with Gasteiger partial charge in [-0.15, -0.1) is 0 Å². The Labute approximate surface area is 116 Å². The molecule has 106 valence electrons. The van der Waals surface area contributed by atoms with E-state index in [-0.39, 0.29) is 46.3 Å². The van der Waals surface area contributed by atoms with Crippen molar-refractivity contribution in [2.24, 2.45) is 10.9 Å². The average molecular weight is 315 g/mol. The molecule has 1 rings (SSSR count). The van der Waals surface area contributed by atoms with E-state index < -0.39 is 5.51 Å². The Hall–Kier alpha value is -1.28. The van der Waals surface area contributed by atoms with Crippen LogP contribution < -0.4 is 10.5 Å². The summed E-state index contributed by atoms with van der Waals surface area (Å²) in [5.41, 5.74) is 1.26. The third-order valence-electron chi connectivity index (χ3n) is 1.95. The van der Waals surface area contributed by atoms with Crippen molar-refractivity contribution in [2.45, 2.75) is 5.51 Å². The highest BCUT2D eigenvalue weighted by Gasteiger charge is 2.27. The number of amidine groups is 1. The van der Waals surface area contributed by atoms with Crippen molar-refractivity contribution in [3.8, 4) is 5.75 Å². The number of nitrogens with two attached hydrogens (primary N) is 1. The average Bonchev–Trinajstić information content (AvgIpc) is 2.33. The molecule has 1 aromatic carbocycles. The van der Waals surface area contributed by atoms with Gasteiger partial charge in [-0.05, 0) is 23.9 Å². The molecule has 0 fully saturated rings. The van der Waals surface area contributed by atoms with Crippen molar-refractivity contribution in [1.29, 1.82) is 0 Å². The predicted molar refractivity (Wildman–Crippen MR) is 68.0 cm³/mol. The first-order valence-corrected chi connectivity index (χ1v) is 6.31. The monoisotopic (exact) mass is 314 g/mol. The summed E-state index contributed by atoms with van der Waals surface area (Å²) < 4.78 is 40.9. The first kappa shape index (κ1) is 15.8. The van der Waals surface area contributed by atoms with Crippen LogP contribution in [0.25, 0.3) is 0 Å². The molecule has 0 heterocycles. The number of ether oxygens (including phenoxy) is 1. The van der Waals surface area contributed by atoms with Gasteiger partial charge in [0.25, 0.3) is 0 Å². The van der Waals surface area contributed by atoms with Crippen molar-refractivity contribution < 1.29 is 23.1 Å². The highest BCUT2D eigenvalue weighted by Crippen LogP contribution is 2.30. The van der Waals surface area contributed by atoms with Gasteiger partial charge in [-0.1, -0.05) is 22.8 Å². The number of alkyl halides is 3. The van der Waals surface area contributed by atoms with Crippen LogP contribution in [-0.2, 0) is 0 Å². The van der Waals surface area contributed by atoms with Crippen LogP contribution in [0.3, 0.4) is 0 Å². The summed E-state index contributed by atoms with van der Waals surface area (Å²) in [6.07, 6.45) is 0. The molecule has 19 heavy (non-hydrogen) atoms. The first-order valence-electron chi connectivity index (χ1n) is 4.95. The minimum absolute atomic E-state index is 0.142. The molecule has 0 bridgehead atoms. The number of benzene rings is 1. The van der Waals surface area contributed by atoms with Gasteiger partial charge in [0.2, 0.25) is 0 Å². The molecule has 0 saturated carbocycles. The van der Waals surface area contributed by atoms with Crippen molar-refractivity contribution in [3.05, 3.63) is 28.8 Å². The lowest BCUT2D eigenvalue weighted by Crippen LogP contribution is -2.16. The van der Waals surface area contributed by atoms with E-state index >= 15 is 0 Å². The molecule has 3 N–H and O–H groups in total. The summed E-state index contributed by atoms with van der Waals surface area (Å²) >= 11 is 5.66. The van der Waals surface area contributed by atoms with Crippen LogP contribution in [0.4, 0.5) is 13.2 Å². The summed E-state index contributed by atoms with van der Waals surface area (Å²) in [5.74, 6) is -0.388. The van der Waals surface area contributed by atoms with Crippen LogP contribution in [0, 0.1) is 0 Å². The second kappa shape index (κ2) is 6.76. The molecule has 0 aliphatic carbocycles. The molecule has 1 aromatic rings. The van der Waals surface area contributed by atoms with Gasteiger partial charge < -0.3 is 15.7 Å². The maximum Gasteiger partial charge on any atom is 0.441 e. The Morgan fingerprint density at radius 3 is 2.74 bits per heavy atom. The Morgan fingerprint density at radius 1 is 1.47 bits per heavy atom. The third kappa shape index (κ3) is 5.07. The maximum atomic E-state index is 11.9. The Kier molecular flexibility index (Phi) is 5.61. The van der Waals surface area contributed by atoms with E-state index in [1.54, 1.807) is 6.07 Å². The van der Waals surface area contributed by atoms with Crippen LogP contribution in [0.5, 0.6) is 5.75 Å². The molecular weight excluding hydrogens is 305 g/mol. The van der Waals surface area contributed by atoms with Gasteiger partial charge in [-0.3, -0.25) is 0 Å². The lowest BCUT2D eigenvalue weighted by molar-refractivity contribution is -0.0329. The van der Waals surface area contributed by atoms with E-state index in [2.05, 4.69) is 5.16 Å². The fourth-order valence-electron chi connectivity index (χ4n) is 1.23. The van der Waals surface area contributed by atoms with Crippen LogP contribution in [-0.4, -0.2) is 28.9 Å². The number of thioether (sulfide) groups is 1. The summed E-state index contributed by atoms with van der Waals surface area (Å²) in [7, 11) is 0. The molecular formula is C10H10ClF3N2O2S. The smallest absolute Gasteiger partial charge is 0.441 e. The highest BCUT2D eigenvalue weighted by atomic mass is 35.5. The highest BCUT2D eigenvalue weighted by molar-refractivity contribution is 8.00. The first-order chi connectivity index (χ1) is 8.85. The van der Waals surface area contributed by atoms with Crippen molar-refractivity contribution in [1.82, 2.24) is 0 Å². The quantitative estimate of drug-likeness (QED) is 0.288. The van der Waals surface area contributed by atoms with E-state index in [1.807, 2.05) is 0 Å². The minimum Gasteiger partial charge on any atom is -0.492 e. The van der Waals surface area contributed by atoms with E-state index in [9.17, 15) is 13.2 Å². The summed E-state index contributed by atoms with van der Waals surface area (Å²) in [6.45, 7) is -0.184. The standard InChI is InChI=1S/C10H10ClF3N2O2S/c11-6-2-1-3-7(8(6)9(15)16-17)18-4-5-19-10(12,13)14/h1-3,17H,4-5H2,(H2,15,16). The zero-order valence-corrected chi connectivity index (χ0v) is 11.0. The maximum absolute atomic E-state index is 11.9. The van der Waals surface area contributed by atoms with Gasteiger partial charge >= 0.3 is 5.51 Å². The summed E-state index contributed by atoms with van der Waals surface area (Å²) in [5, 5.41) is 11.6. The number of halogens is 4. The fraction of sp³-hybridized carbons (Fsp3) is 0.300. The molecule has 0 aromatic heterocycles. The number of oxime groups is 1. The van der Waals surface area contributed by atoms with Gasteiger partial charge in [0.15, 0.2) is 5.84 Å². The van der Waals surface area contributed by atoms with Gasteiger partial charge in [0.1, 0.15) is 5.75 Å². The number of hydrogen-bond acceptors (Lipinski definition) is 4. The van der Waals surface area contributed by atoms with E-state index in [0.717, 1.165) is 0 Å². The van der Waals surface area contributed by atoms with Gasteiger partial charge in [0, 0.05) is 5.75 Å². The number of nitrogens with zero attached hydrogens (tertiary/aromatic N) is 1. The Balaban J connectivity index is 2.71. The minimum atomic E-state index is -4.30. The fourth-order valence-corrected chi connectivity index (χ4v) is 1.89. The normalized spacial score (nSPS) is 12.5. The Bertz CT molecular complexity index is 469. The van der Waals surface area contributed by atoms with Crippen LogP contribution in [0.1, 0.15) is 5.56 Å². The van der Waals surface area contributed by atoms with E-state index in [4.69, 9.17) is 27.3 Å². The van der Waals surface area contributed by atoms with Crippen molar-refractivity contribution in [2.75, 3.05) is 12.4 Å². The molecule has 0 atom stereocenters. The van der Waals surface area contributed by atoms with Crippen LogP contribution in [0.15, 0.2) is 23.4 Å². The third-order valence-corrected chi connectivity index (χ3v) is 2.96. The topological polar surface area (TPSA) is 67.8 Å². The molecule has 0 aliphatic rings. The summed E-state index contributed by atoms with van der Waals surface area (Å²) in [6, 6.07) is 4.51. The van der Waals surface area contributed by atoms with Gasteiger partial charge in [-0.2, -0.15) is 13.2 Å². The molecule has 0 aliphatic heterocycles. The SMILES string of the molecule is N/C(=N/O)c1c(Cl)cccc1OCCSC(F)(F)F. The molecule has 0 radical (unpaired) electrons. The second-order valence-corrected chi connectivity index (χ2v) is 4.81. The lowest BCUT2D eigenvalue weighted by Gasteiger charge is -2.12. The molecule has 0 amide bonds.